The molecule has 27 heavy (non-hydrogen) atoms. The van der Waals surface area contributed by atoms with E-state index in [4.69, 9.17) is 0 Å². The molecule has 0 unspecified atom stereocenters. The first-order valence-electron chi connectivity index (χ1n) is 7.80. The van der Waals surface area contributed by atoms with Crippen molar-refractivity contribution in [3.05, 3.63) is 87.3 Å². The molecular weight excluding hydrogens is 496 g/mol. The fraction of sp³-hybridized carbons (Fsp3) is 0. The first kappa shape index (κ1) is 19.6. The molecule has 0 saturated heterocycles. The number of amides is 1. The fourth-order valence-electron chi connectivity index (χ4n) is 2.34. The van der Waals surface area contributed by atoms with Crippen molar-refractivity contribution in [2.45, 2.75) is 4.90 Å². The van der Waals surface area contributed by atoms with E-state index in [0.717, 1.165) is 8.95 Å². The number of anilines is 2. The molecule has 3 rings (SSSR count). The number of sulfonamides is 1. The SMILES string of the molecule is O=C(Nc1ccccc1Br)c1ccccc1NS(=O)(=O)c1ccc(Br)cc1. The molecule has 3 aromatic carbocycles. The molecule has 3 aromatic rings. The average Bonchev–Trinajstić information content (AvgIpc) is 2.64. The second-order valence-corrected chi connectivity index (χ2v) is 8.99. The van der Waals surface area contributed by atoms with Gasteiger partial charge in [0.2, 0.25) is 0 Å². The van der Waals surface area contributed by atoms with Crippen molar-refractivity contribution < 1.29 is 13.2 Å². The molecule has 2 N–H and O–H groups in total. The zero-order valence-electron chi connectivity index (χ0n) is 13.8. The Morgan fingerprint density at radius 3 is 2.04 bits per heavy atom. The van der Waals surface area contributed by atoms with Gasteiger partial charge in [0.1, 0.15) is 0 Å². The summed E-state index contributed by atoms with van der Waals surface area (Å²) in [6.07, 6.45) is 0. The van der Waals surface area contributed by atoms with Crippen LogP contribution in [0.2, 0.25) is 0 Å². The van der Waals surface area contributed by atoms with Crippen molar-refractivity contribution >= 4 is 59.2 Å². The van der Waals surface area contributed by atoms with Crippen LogP contribution < -0.4 is 10.0 Å². The molecule has 0 radical (unpaired) electrons. The van der Waals surface area contributed by atoms with E-state index in [-0.39, 0.29) is 16.1 Å². The van der Waals surface area contributed by atoms with Crippen LogP contribution in [-0.2, 0) is 10.0 Å². The molecule has 0 aliphatic carbocycles. The van der Waals surface area contributed by atoms with Crippen molar-refractivity contribution in [1.82, 2.24) is 0 Å². The van der Waals surface area contributed by atoms with Gasteiger partial charge in [-0.15, -0.1) is 0 Å². The second kappa shape index (κ2) is 8.24. The van der Waals surface area contributed by atoms with E-state index in [1.54, 1.807) is 54.6 Å². The Kier molecular flexibility index (Phi) is 5.98. The van der Waals surface area contributed by atoms with E-state index in [9.17, 15) is 13.2 Å². The Hall–Kier alpha value is -2.16. The third-order valence-corrected chi connectivity index (χ3v) is 6.26. The Bertz CT molecular complexity index is 1080. The number of hydrogen-bond donors (Lipinski definition) is 2. The summed E-state index contributed by atoms with van der Waals surface area (Å²) >= 11 is 6.65. The molecule has 5 nitrogen and oxygen atoms in total. The Balaban J connectivity index is 1.89. The normalized spacial score (nSPS) is 11.0. The first-order valence-corrected chi connectivity index (χ1v) is 10.9. The third kappa shape index (κ3) is 4.77. The Morgan fingerprint density at radius 2 is 1.37 bits per heavy atom. The molecule has 0 spiro atoms. The molecule has 8 heteroatoms. The van der Waals surface area contributed by atoms with Crippen LogP contribution in [0.3, 0.4) is 0 Å². The third-order valence-electron chi connectivity index (χ3n) is 3.66. The van der Waals surface area contributed by atoms with Gasteiger partial charge in [-0.1, -0.05) is 40.2 Å². The van der Waals surface area contributed by atoms with Crippen LogP contribution in [-0.4, -0.2) is 14.3 Å². The highest BCUT2D eigenvalue weighted by atomic mass is 79.9. The number of rotatable bonds is 5. The smallest absolute Gasteiger partial charge is 0.261 e. The van der Waals surface area contributed by atoms with Crippen LogP contribution in [0.5, 0.6) is 0 Å². The molecule has 0 bridgehead atoms. The number of carbonyl (C=O) groups is 1. The van der Waals surface area contributed by atoms with Crippen molar-refractivity contribution in [2.75, 3.05) is 10.0 Å². The van der Waals surface area contributed by atoms with Gasteiger partial charge in [0.25, 0.3) is 15.9 Å². The summed E-state index contributed by atoms with van der Waals surface area (Å²) < 4.78 is 29.3. The summed E-state index contributed by atoms with van der Waals surface area (Å²) in [4.78, 5) is 12.8. The topological polar surface area (TPSA) is 75.3 Å². The summed E-state index contributed by atoms with van der Waals surface area (Å²) in [6.45, 7) is 0. The lowest BCUT2D eigenvalue weighted by atomic mass is 10.1. The predicted molar refractivity (Wildman–Crippen MR) is 113 cm³/mol. The zero-order chi connectivity index (χ0) is 19.4. The van der Waals surface area contributed by atoms with Crippen LogP contribution in [0.1, 0.15) is 10.4 Å². The fourth-order valence-corrected chi connectivity index (χ4v) is 4.07. The average molecular weight is 510 g/mol. The number of nitrogens with one attached hydrogen (secondary N) is 2. The number of para-hydroxylation sites is 2. The Labute approximate surface area is 174 Å². The molecule has 0 aliphatic rings. The molecule has 138 valence electrons. The minimum Gasteiger partial charge on any atom is -0.321 e. The van der Waals surface area contributed by atoms with Crippen molar-refractivity contribution in [3.63, 3.8) is 0 Å². The van der Waals surface area contributed by atoms with Crippen LogP contribution >= 0.6 is 31.9 Å². The lowest BCUT2D eigenvalue weighted by Gasteiger charge is -2.13. The molecule has 0 heterocycles. The summed E-state index contributed by atoms with van der Waals surface area (Å²) in [5.74, 6) is -0.420. The number of carbonyl (C=O) groups excluding carboxylic acids is 1. The lowest BCUT2D eigenvalue weighted by Crippen LogP contribution is -2.18. The maximum atomic E-state index is 12.7. The molecule has 1 amide bonds. The van der Waals surface area contributed by atoms with E-state index in [0.29, 0.717) is 5.69 Å². The summed E-state index contributed by atoms with van der Waals surface area (Å²) in [5, 5.41) is 2.77. The zero-order valence-corrected chi connectivity index (χ0v) is 17.8. The molecule has 0 fully saturated rings. The maximum Gasteiger partial charge on any atom is 0.261 e. The van der Waals surface area contributed by atoms with E-state index in [2.05, 4.69) is 41.9 Å². The van der Waals surface area contributed by atoms with Gasteiger partial charge in [-0.3, -0.25) is 9.52 Å². The van der Waals surface area contributed by atoms with Gasteiger partial charge in [-0.2, -0.15) is 0 Å². The summed E-state index contributed by atoms with van der Waals surface area (Å²) in [5.41, 5.74) is 1.01. The van der Waals surface area contributed by atoms with Crippen LogP contribution in [0.15, 0.2) is 86.6 Å². The monoisotopic (exact) mass is 508 g/mol. The van der Waals surface area contributed by atoms with Gasteiger partial charge < -0.3 is 5.32 Å². The van der Waals surface area contributed by atoms with Gasteiger partial charge in [-0.05, 0) is 64.5 Å². The minimum absolute atomic E-state index is 0.103. The summed E-state index contributed by atoms with van der Waals surface area (Å²) in [6, 6.07) is 19.9. The highest BCUT2D eigenvalue weighted by Crippen LogP contribution is 2.25. The first-order chi connectivity index (χ1) is 12.9. The van der Waals surface area contributed by atoms with E-state index in [1.807, 2.05) is 6.07 Å². The highest BCUT2D eigenvalue weighted by Gasteiger charge is 2.19. The minimum atomic E-state index is -3.83. The standard InChI is InChI=1S/C19H14Br2N2O3S/c20-13-9-11-14(12-10-13)27(25,26)23-17-7-3-1-5-15(17)19(24)22-18-8-4-2-6-16(18)21/h1-12,23H,(H,22,24). The lowest BCUT2D eigenvalue weighted by molar-refractivity contribution is 0.102. The van der Waals surface area contributed by atoms with Gasteiger partial charge >= 0.3 is 0 Å². The molecule has 0 aromatic heterocycles. The predicted octanol–water partition coefficient (Wildman–Crippen LogP) is 5.26. The highest BCUT2D eigenvalue weighted by molar-refractivity contribution is 9.10. The van der Waals surface area contributed by atoms with Gasteiger partial charge in [-0.25, -0.2) is 8.42 Å². The van der Waals surface area contributed by atoms with Gasteiger partial charge in [0.05, 0.1) is 21.8 Å². The second-order valence-electron chi connectivity index (χ2n) is 5.54. The molecule has 0 atom stereocenters. The summed E-state index contributed by atoms with van der Waals surface area (Å²) in [7, 11) is -3.83. The Morgan fingerprint density at radius 1 is 0.778 bits per heavy atom. The van der Waals surface area contributed by atoms with Crippen LogP contribution in [0.25, 0.3) is 0 Å². The van der Waals surface area contributed by atoms with Gasteiger partial charge in [0.15, 0.2) is 0 Å². The van der Waals surface area contributed by atoms with E-state index in [1.165, 1.54) is 12.1 Å². The number of hydrogen-bond acceptors (Lipinski definition) is 3. The van der Waals surface area contributed by atoms with Crippen LogP contribution in [0, 0.1) is 0 Å². The van der Waals surface area contributed by atoms with Crippen molar-refractivity contribution in [2.24, 2.45) is 0 Å². The van der Waals surface area contributed by atoms with Crippen LogP contribution in [0.4, 0.5) is 11.4 Å². The van der Waals surface area contributed by atoms with Crippen molar-refractivity contribution in [3.8, 4) is 0 Å². The molecule has 0 aliphatic heterocycles. The maximum absolute atomic E-state index is 12.7. The largest absolute Gasteiger partial charge is 0.321 e. The van der Waals surface area contributed by atoms with E-state index < -0.39 is 15.9 Å². The van der Waals surface area contributed by atoms with Crippen molar-refractivity contribution in [1.29, 1.82) is 0 Å². The molecule has 0 saturated carbocycles. The number of benzene rings is 3. The van der Waals surface area contributed by atoms with Gasteiger partial charge in [0, 0.05) is 8.95 Å². The number of halogens is 2. The molecular formula is C19H14Br2N2O3S. The quantitative estimate of drug-likeness (QED) is 0.492. The van der Waals surface area contributed by atoms with E-state index >= 15 is 0 Å².